The van der Waals surface area contributed by atoms with Crippen molar-refractivity contribution in [3.05, 3.63) is 62.8 Å². The van der Waals surface area contributed by atoms with E-state index in [0.717, 1.165) is 0 Å². The van der Waals surface area contributed by atoms with Crippen LogP contribution in [0.4, 0.5) is 24.7 Å². The molecule has 8 nitrogen and oxygen atoms in total. The minimum absolute atomic E-state index is 0.141. The van der Waals surface area contributed by atoms with E-state index in [4.69, 9.17) is 16.3 Å². The summed E-state index contributed by atoms with van der Waals surface area (Å²) >= 11 is 5.65. The fraction of sp³-hybridized carbons (Fsp3) is 0.188. The monoisotopic (exact) mass is 417 g/mol. The maximum absolute atomic E-state index is 12.5. The maximum atomic E-state index is 12.5. The average molecular weight is 418 g/mol. The highest BCUT2D eigenvalue weighted by atomic mass is 35.5. The molecule has 0 spiro atoms. The van der Waals surface area contributed by atoms with Gasteiger partial charge in [0.25, 0.3) is 11.6 Å². The summed E-state index contributed by atoms with van der Waals surface area (Å²) in [6, 6.07) is 5.77. The van der Waals surface area contributed by atoms with Crippen molar-refractivity contribution in [1.82, 2.24) is 4.98 Å². The standard InChI is InChI=1S/C16H11ClF3N3O5/c17-12-6-10(16(18,19)20)7-21-15(12)22-13(24)8-28-14(25)5-9-1-3-11(4-2-9)23(26)27/h1-4,6-7H,5,8H2,(H,21,22,24). The van der Waals surface area contributed by atoms with E-state index < -0.39 is 40.2 Å². The van der Waals surface area contributed by atoms with Crippen LogP contribution in [-0.4, -0.2) is 28.4 Å². The van der Waals surface area contributed by atoms with Crippen LogP contribution in [-0.2, 0) is 26.9 Å². The molecular formula is C16H11ClF3N3O5. The van der Waals surface area contributed by atoms with E-state index in [2.05, 4.69) is 10.3 Å². The van der Waals surface area contributed by atoms with Crippen LogP contribution in [0.25, 0.3) is 0 Å². The Morgan fingerprint density at radius 3 is 2.43 bits per heavy atom. The number of carbonyl (C=O) groups is 2. The highest BCUT2D eigenvalue weighted by molar-refractivity contribution is 6.33. The van der Waals surface area contributed by atoms with Crippen molar-refractivity contribution in [1.29, 1.82) is 0 Å². The summed E-state index contributed by atoms with van der Waals surface area (Å²) in [6.45, 7) is -0.717. The van der Waals surface area contributed by atoms with Gasteiger partial charge in [-0.15, -0.1) is 0 Å². The molecule has 0 saturated heterocycles. The molecule has 0 unspecified atom stereocenters. The van der Waals surface area contributed by atoms with Crippen LogP contribution in [0.5, 0.6) is 0 Å². The second-order valence-electron chi connectivity index (χ2n) is 5.36. The van der Waals surface area contributed by atoms with E-state index in [1.165, 1.54) is 24.3 Å². The summed E-state index contributed by atoms with van der Waals surface area (Å²) in [5, 5.41) is 12.2. The third-order valence-electron chi connectivity index (χ3n) is 3.29. The van der Waals surface area contributed by atoms with Crippen LogP contribution < -0.4 is 5.32 Å². The number of alkyl halides is 3. The Morgan fingerprint density at radius 2 is 1.89 bits per heavy atom. The summed E-state index contributed by atoms with van der Waals surface area (Å²) < 4.78 is 42.3. The lowest BCUT2D eigenvalue weighted by atomic mass is 10.1. The number of amides is 1. The number of aromatic nitrogens is 1. The van der Waals surface area contributed by atoms with Crippen molar-refractivity contribution in [2.24, 2.45) is 0 Å². The quantitative estimate of drug-likeness (QED) is 0.438. The summed E-state index contributed by atoms with van der Waals surface area (Å²) in [5.74, 6) is -1.95. The number of hydrogen-bond acceptors (Lipinski definition) is 6. The Morgan fingerprint density at radius 1 is 1.25 bits per heavy atom. The molecule has 1 heterocycles. The van der Waals surface area contributed by atoms with Crippen molar-refractivity contribution in [3.8, 4) is 0 Å². The fourth-order valence-corrected chi connectivity index (χ4v) is 2.17. The highest BCUT2D eigenvalue weighted by Gasteiger charge is 2.31. The zero-order valence-electron chi connectivity index (χ0n) is 13.8. The van der Waals surface area contributed by atoms with E-state index in [9.17, 15) is 32.9 Å². The van der Waals surface area contributed by atoms with Gasteiger partial charge in [0.1, 0.15) is 0 Å². The molecule has 0 radical (unpaired) electrons. The van der Waals surface area contributed by atoms with Gasteiger partial charge in [0.2, 0.25) is 0 Å². The second kappa shape index (κ2) is 8.65. The number of nitrogens with one attached hydrogen (secondary N) is 1. The largest absolute Gasteiger partial charge is 0.455 e. The molecule has 148 valence electrons. The number of hydrogen-bond donors (Lipinski definition) is 1. The predicted octanol–water partition coefficient (Wildman–Crippen LogP) is 3.39. The number of benzene rings is 1. The number of nitro groups is 1. The molecule has 0 aliphatic heterocycles. The van der Waals surface area contributed by atoms with Crippen molar-refractivity contribution in [2.75, 3.05) is 11.9 Å². The zero-order chi connectivity index (χ0) is 20.9. The molecule has 1 aromatic carbocycles. The normalized spacial score (nSPS) is 11.0. The first-order chi connectivity index (χ1) is 13.1. The van der Waals surface area contributed by atoms with Gasteiger partial charge in [0, 0.05) is 18.3 Å². The van der Waals surface area contributed by atoms with Gasteiger partial charge in [-0.2, -0.15) is 13.2 Å². The second-order valence-corrected chi connectivity index (χ2v) is 5.77. The summed E-state index contributed by atoms with van der Waals surface area (Å²) in [6.07, 6.45) is -4.36. The van der Waals surface area contributed by atoms with Gasteiger partial charge in [0.15, 0.2) is 12.4 Å². The predicted molar refractivity (Wildman–Crippen MR) is 90.6 cm³/mol. The van der Waals surface area contributed by atoms with Crippen LogP contribution in [0.1, 0.15) is 11.1 Å². The lowest BCUT2D eigenvalue weighted by Gasteiger charge is -2.10. The molecule has 1 amide bonds. The molecule has 0 aliphatic carbocycles. The molecule has 0 aliphatic rings. The van der Waals surface area contributed by atoms with Crippen LogP contribution in [0.3, 0.4) is 0 Å². The first-order valence-corrected chi connectivity index (χ1v) is 7.85. The molecule has 1 aromatic heterocycles. The Bertz CT molecular complexity index is 903. The van der Waals surface area contributed by atoms with E-state index >= 15 is 0 Å². The lowest BCUT2D eigenvalue weighted by molar-refractivity contribution is -0.384. The number of nitro benzene ring substituents is 1. The smallest absolute Gasteiger partial charge is 0.417 e. The van der Waals surface area contributed by atoms with Gasteiger partial charge in [-0.3, -0.25) is 19.7 Å². The Hall–Kier alpha value is -3.21. The van der Waals surface area contributed by atoms with Gasteiger partial charge < -0.3 is 10.1 Å². The Labute approximate surface area is 160 Å². The molecular weight excluding hydrogens is 407 g/mol. The maximum Gasteiger partial charge on any atom is 0.417 e. The number of ether oxygens (including phenoxy) is 1. The molecule has 0 bridgehead atoms. The third-order valence-corrected chi connectivity index (χ3v) is 3.57. The fourth-order valence-electron chi connectivity index (χ4n) is 1.95. The molecule has 1 N–H and O–H groups in total. The number of halogens is 4. The molecule has 2 aromatic rings. The first-order valence-electron chi connectivity index (χ1n) is 7.48. The van der Waals surface area contributed by atoms with Gasteiger partial charge in [-0.1, -0.05) is 23.7 Å². The minimum atomic E-state index is -4.63. The number of carbonyl (C=O) groups excluding carboxylic acids is 2. The van der Waals surface area contributed by atoms with Gasteiger partial charge in [-0.05, 0) is 11.6 Å². The van der Waals surface area contributed by atoms with Crippen molar-refractivity contribution in [3.63, 3.8) is 0 Å². The zero-order valence-corrected chi connectivity index (χ0v) is 14.6. The van der Waals surface area contributed by atoms with Crippen LogP contribution in [0.2, 0.25) is 5.02 Å². The number of rotatable bonds is 6. The topological polar surface area (TPSA) is 111 Å². The van der Waals surface area contributed by atoms with Crippen LogP contribution in [0.15, 0.2) is 36.5 Å². The van der Waals surface area contributed by atoms with Crippen molar-refractivity contribution < 1.29 is 32.4 Å². The molecule has 0 atom stereocenters. The van der Waals surface area contributed by atoms with E-state index in [1.807, 2.05) is 0 Å². The van der Waals surface area contributed by atoms with E-state index in [0.29, 0.717) is 17.8 Å². The van der Waals surface area contributed by atoms with Gasteiger partial charge in [0.05, 0.1) is 21.9 Å². The molecule has 0 saturated carbocycles. The van der Waals surface area contributed by atoms with Gasteiger partial charge >= 0.3 is 12.1 Å². The van der Waals surface area contributed by atoms with E-state index in [1.54, 1.807) is 0 Å². The lowest BCUT2D eigenvalue weighted by Crippen LogP contribution is -2.22. The molecule has 0 fully saturated rings. The van der Waals surface area contributed by atoms with Crippen molar-refractivity contribution >= 4 is 35.0 Å². The molecule has 28 heavy (non-hydrogen) atoms. The molecule has 12 heteroatoms. The number of anilines is 1. The summed E-state index contributed by atoms with van der Waals surface area (Å²) in [7, 11) is 0. The number of nitrogens with zero attached hydrogens (tertiary/aromatic N) is 2. The SMILES string of the molecule is O=C(COC(=O)Cc1ccc([N+](=O)[O-])cc1)Nc1ncc(C(F)(F)F)cc1Cl. The summed E-state index contributed by atoms with van der Waals surface area (Å²) in [5.41, 5.74) is -0.786. The van der Waals surface area contributed by atoms with Crippen LogP contribution in [0, 0.1) is 10.1 Å². The van der Waals surface area contributed by atoms with Crippen LogP contribution >= 0.6 is 11.6 Å². The first kappa shape index (κ1) is 21.1. The van der Waals surface area contributed by atoms with E-state index in [-0.39, 0.29) is 17.9 Å². The number of pyridine rings is 1. The Balaban J connectivity index is 1.86. The Kier molecular flexibility index (Phi) is 6.52. The van der Waals surface area contributed by atoms with Gasteiger partial charge in [-0.25, -0.2) is 4.98 Å². The highest BCUT2D eigenvalue weighted by Crippen LogP contribution is 2.32. The minimum Gasteiger partial charge on any atom is -0.455 e. The number of esters is 1. The third kappa shape index (κ3) is 5.91. The number of non-ortho nitro benzene ring substituents is 1. The van der Waals surface area contributed by atoms with Crippen molar-refractivity contribution in [2.45, 2.75) is 12.6 Å². The summed E-state index contributed by atoms with van der Waals surface area (Å²) in [4.78, 5) is 36.8. The average Bonchev–Trinajstić information content (AvgIpc) is 2.61. The molecule has 2 rings (SSSR count).